The molecular formula is C16H16N2. The van der Waals surface area contributed by atoms with Gasteiger partial charge in [0, 0.05) is 17.8 Å². The number of aryl methyl sites for hydroxylation is 1. The van der Waals surface area contributed by atoms with Crippen LogP contribution in [0.3, 0.4) is 0 Å². The van der Waals surface area contributed by atoms with Gasteiger partial charge in [-0.25, -0.2) is 0 Å². The van der Waals surface area contributed by atoms with Crippen LogP contribution < -0.4 is 5.73 Å². The summed E-state index contributed by atoms with van der Waals surface area (Å²) in [6, 6.07) is 16.5. The minimum Gasteiger partial charge on any atom is -0.399 e. The zero-order chi connectivity index (χ0) is 12.4. The van der Waals surface area contributed by atoms with Crippen LogP contribution in [0.5, 0.6) is 0 Å². The van der Waals surface area contributed by atoms with E-state index in [9.17, 15) is 0 Å². The molecule has 2 nitrogen and oxygen atoms in total. The van der Waals surface area contributed by atoms with Crippen molar-refractivity contribution in [2.75, 3.05) is 5.73 Å². The van der Waals surface area contributed by atoms with Crippen molar-refractivity contribution in [3.8, 4) is 0 Å². The second-order valence-electron chi connectivity index (χ2n) is 4.73. The summed E-state index contributed by atoms with van der Waals surface area (Å²) in [7, 11) is 0. The van der Waals surface area contributed by atoms with Gasteiger partial charge in [0.25, 0.3) is 0 Å². The van der Waals surface area contributed by atoms with E-state index < -0.39 is 0 Å². The summed E-state index contributed by atoms with van der Waals surface area (Å²) in [5, 5.41) is 0. The number of rotatable bonds is 3. The minimum absolute atomic E-state index is 0.837. The van der Waals surface area contributed by atoms with Gasteiger partial charge in [-0.3, -0.25) is 4.99 Å². The van der Waals surface area contributed by atoms with Gasteiger partial charge in [-0.15, -0.1) is 0 Å². The van der Waals surface area contributed by atoms with E-state index in [2.05, 4.69) is 29.3 Å². The van der Waals surface area contributed by atoms with Crippen molar-refractivity contribution in [1.29, 1.82) is 0 Å². The molecule has 0 bridgehead atoms. The van der Waals surface area contributed by atoms with E-state index in [1.54, 1.807) is 0 Å². The predicted octanol–water partition coefficient (Wildman–Crippen LogP) is 3.53. The van der Waals surface area contributed by atoms with Crippen LogP contribution in [0.2, 0.25) is 0 Å². The second kappa shape index (κ2) is 4.65. The Morgan fingerprint density at radius 2 is 1.89 bits per heavy atom. The summed E-state index contributed by atoms with van der Waals surface area (Å²) in [4.78, 5) is 4.67. The quantitative estimate of drug-likeness (QED) is 0.813. The van der Waals surface area contributed by atoms with Crippen molar-refractivity contribution in [2.24, 2.45) is 4.99 Å². The molecule has 0 saturated carbocycles. The number of para-hydroxylation sites is 1. The Bertz CT molecular complexity index is 600. The van der Waals surface area contributed by atoms with Crippen LogP contribution in [0.15, 0.2) is 53.5 Å². The number of nitrogens with two attached hydrogens (primary N) is 1. The van der Waals surface area contributed by atoms with Crippen LogP contribution in [0.25, 0.3) is 0 Å². The maximum absolute atomic E-state index is 5.78. The molecule has 0 aliphatic carbocycles. The number of nitrogens with zero attached hydrogens (tertiary/aromatic N) is 1. The second-order valence-corrected chi connectivity index (χ2v) is 4.73. The highest BCUT2D eigenvalue weighted by molar-refractivity contribution is 5.94. The first-order valence-electron chi connectivity index (χ1n) is 6.30. The number of hydrogen-bond acceptors (Lipinski definition) is 2. The fraction of sp³-hybridized carbons (Fsp3) is 0.188. The molecule has 0 fully saturated rings. The van der Waals surface area contributed by atoms with E-state index in [0.29, 0.717) is 0 Å². The van der Waals surface area contributed by atoms with Gasteiger partial charge >= 0.3 is 0 Å². The van der Waals surface area contributed by atoms with E-state index >= 15 is 0 Å². The predicted molar refractivity (Wildman–Crippen MR) is 76.4 cm³/mol. The third kappa shape index (κ3) is 2.28. The van der Waals surface area contributed by atoms with E-state index in [0.717, 1.165) is 30.6 Å². The molecule has 2 heteroatoms. The van der Waals surface area contributed by atoms with Crippen LogP contribution in [-0.4, -0.2) is 5.71 Å². The van der Waals surface area contributed by atoms with Crippen LogP contribution in [0, 0.1) is 0 Å². The van der Waals surface area contributed by atoms with Crippen molar-refractivity contribution in [2.45, 2.75) is 19.3 Å². The highest BCUT2D eigenvalue weighted by atomic mass is 14.8. The van der Waals surface area contributed by atoms with E-state index in [1.807, 2.05) is 24.3 Å². The largest absolute Gasteiger partial charge is 0.399 e. The Morgan fingerprint density at radius 1 is 1.00 bits per heavy atom. The normalized spacial score (nSPS) is 13.2. The average molecular weight is 236 g/mol. The summed E-state index contributed by atoms with van der Waals surface area (Å²) in [6.45, 7) is 0. The number of nitrogen functional groups attached to an aromatic ring is 1. The summed E-state index contributed by atoms with van der Waals surface area (Å²) in [5.41, 5.74) is 11.7. The first-order valence-corrected chi connectivity index (χ1v) is 6.30. The van der Waals surface area contributed by atoms with Crippen LogP contribution >= 0.6 is 0 Å². The van der Waals surface area contributed by atoms with Crippen molar-refractivity contribution in [3.63, 3.8) is 0 Å². The molecule has 0 saturated heterocycles. The fourth-order valence-electron chi connectivity index (χ4n) is 2.38. The molecule has 90 valence electrons. The van der Waals surface area contributed by atoms with Crippen molar-refractivity contribution in [1.82, 2.24) is 0 Å². The van der Waals surface area contributed by atoms with Crippen LogP contribution in [0.4, 0.5) is 11.4 Å². The Balaban J connectivity index is 1.66. The molecule has 0 radical (unpaired) electrons. The molecule has 1 heterocycles. The molecule has 0 unspecified atom stereocenters. The number of anilines is 1. The van der Waals surface area contributed by atoms with Gasteiger partial charge in [0.1, 0.15) is 0 Å². The number of fused-ring (bicyclic) bond motifs is 1. The van der Waals surface area contributed by atoms with Crippen molar-refractivity contribution < 1.29 is 0 Å². The van der Waals surface area contributed by atoms with Gasteiger partial charge in [-0.2, -0.15) is 0 Å². The average Bonchev–Trinajstić information content (AvgIpc) is 2.79. The minimum atomic E-state index is 0.837. The topological polar surface area (TPSA) is 38.4 Å². The molecule has 1 aliphatic heterocycles. The van der Waals surface area contributed by atoms with E-state index in [-0.39, 0.29) is 0 Å². The van der Waals surface area contributed by atoms with Gasteiger partial charge in [0.2, 0.25) is 0 Å². The van der Waals surface area contributed by atoms with Gasteiger partial charge < -0.3 is 5.73 Å². The molecular weight excluding hydrogens is 220 g/mol. The highest BCUT2D eigenvalue weighted by Gasteiger charge is 2.13. The first-order chi connectivity index (χ1) is 8.81. The summed E-state index contributed by atoms with van der Waals surface area (Å²) in [6.07, 6.45) is 3.02. The van der Waals surface area contributed by atoms with Gasteiger partial charge in [0.15, 0.2) is 0 Å². The molecule has 0 atom stereocenters. The lowest BCUT2D eigenvalue weighted by molar-refractivity contribution is 1.02. The monoisotopic (exact) mass is 236 g/mol. The molecule has 0 amide bonds. The molecule has 2 N–H and O–H groups in total. The zero-order valence-corrected chi connectivity index (χ0v) is 10.3. The SMILES string of the molecule is Nc1cccc(CCC2=Nc3ccccc3C2)c1. The van der Waals surface area contributed by atoms with Gasteiger partial charge in [-0.1, -0.05) is 30.3 Å². The zero-order valence-electron chi connectivity index (χ0n) is 10.3. The molecule has 0 aromatic heterocycles. The highest BCUT2D eigenvalue weighted by Crippen LogP contribution is 2.27. The maximum Gasteiger partial charge on any atom is 0.0664 e. The molecule has 2 aromatic rings. The Labute approximate surface area is 107 Å². The molecule has 2 aromatic carbocycles. The molecule has 1 aliphatic rings. The number of benzene rings is 2. The summed E-state index contributed by atoms with van der Waals surface area (Å²) >= 11 is 0. The standard InChI is InChI=1S/C16H16N2/c17-14-6-3-4-12(10-14)8-9-15-11-13-5-1-2-7-16(13)18-15/h1-7,10H,8-9,11,17H2. The Hall–Kier alpha value is -2.09. The van der Waals surface area contributed by atoms with Crippen molar-refractivity contribution >= 4 is 17.1 Å². The van der Waals surface area contributed by atoms with Crippen LogP contribution in [-0.2, 0) is 12.8 Å². The van der Waals surface area contributed by atoms with Gasteiger partial charge in [-0.05, 0) is 42.2 Å². The molecule has 18 heavy (non-hydrogen) atoms. The third-order valence-electron chi connectivity index (χ3n) is 3.32. The van der Waals surface area contributed by atoms with Gasteiger partial charge in [0.05, 0.1) is 5.69 Å². The first kappa shape index (κ1) is 11.0. The summed E-state index contributed by atoms with van der Waals surface area (Å²) in [5.74, 6) is 0. The summed E-state index contributed by atoms with van der Waals surface area (Å²) < 4.78 is 0. The van der Waals surface area contributed by atoms with E-state index in [1.165, 1.54) is 16.8 Å². The lowest BCUT2D eigenvalue weighted by Gasteiger charge is -2.02. The third-order valence-corrected chi connectivity index (χ3v) is 3.32. The maximum atomic E-state index is 5.78. The smallest absolute Gasteiger partial charge is 0.0664 e. The molecule has 3 rings (SSSR count). The molecule has 0 spiro atoms. The van der Waals surface area contributed by atoms with Crippen LogP contribution in [0.1, 0.15) is 17.5 Å². The van der Waals surface area contributed by atoms with Crippen molar-refractivity contribution in [3.05, 3.63) is 59.7 Å². The fourth-order valence-corrected chi connectivity index (χ4v) is 2.38. The van der Waals surface area contributed by atoms with E-state index in [4.69, 9.17) is 5.73 Å². The lowest BCUT2D eigenvalue weighted by Crippen LogP contribution is -2.00. The Kier molecular flexibility index (Phi) is 2.85. The lowest BCUT2D eigenvalue weighted by atomic mass is 10.0. The number of hydrogen-bond donors (Lipinski definition) is 1. The Morgan fingerprint density at radius 3 is 2.72 bits per heavy atom. The number of aliphatic imine (C=N–C) groups is 1.